The fourth-order valence-corrected chi connectivity index (χ4v) is 7.71. The molecular formula is C43H30N4S. The van der Waals surface area contributed by atoms with Gasteiger partial charge in [-0.05, 0) is 57.1 Å². The summed E-state index contributed by atoms with van der Waals surface area (Å²) < 4.78 is 1.21. The van der Waals surface area contributed by atoms with E-state index in [1.54, 1.807) is 11.3 Å². The summed E-state index contributed by atoms with van der Waals surface area (Å²) in [6, 6.07) is 55.6. The lowest BCUT2D eigenvalue weighted by Gasteiger charge is -2.32. The predicted molar refractivity (Wildman–Crippen MR) is 202 cm³/mol. The Bertz CT molecular complexity index is 2530. The summed E-state index contributed by atoms with van der Waals surface area (Å²) in [5.41, 5.74) is 7.66. The van der Waals surface area contributed by atoms with Crippen molar-refractivity contribution in [2.75, 3.05) is 7.05 Å². The smallest absolute Gasteiger partial charge is 0.159 e. The monoisotopic (exact) mass is 634 g/mol. The zero-order chi connectivity index (χ0) is 32.0. The van der Waals surface area contributed by atoms with Crippen molar-refractivity contribution in [1.82, 2.24) is 9.88 Å². The Morgan fingerprint density at radius 2 is 1.21 bits per heavy atom. The standard InChI is InChI=1S/C43H30N4S/c1-47-41(30-12-4-2-5-13-30)45-40(35-22-19-28-11-8-9-16-32(28)25-35)46-42(47)36-18-10-17-33(26-36)34-21-20-29-23-24-38-39(37(29)27-34)48-43(44-38)31-14-6-3-7-15-31/h2-27,41H,1H3. The molecule has 9 rings (SSSR count). The summed E-state index contributed by atoms with van der Waals surface area (Å²) in [5, 5.41) is 5.85. The van der Waals surface area contributed by atoms with E-state index < -0.39 is 0 Å². The summed E-state index contributed by atoms with van der Waals surface area (Å²) in [7, 11) is 2.09. The van der Waals surface area contributed by atoms with Gasteiger partial charge in [-0.3, -0.25) is 0 Å². The molecular weight excluding hydrogens is 605 g/mol. The van der Waals surface area contributed by atoms with Crippen LogP contribution in [-0.4, -0.2) is 28.6 Å². The maximum absolute atomic E-state index is 5.23. The van der Waals surface area contributed by atoms with E-state index in [4.69, 9.17) is 15.0 Å². The molecule has 0 saturated carbocycles. The molecule has 1 aliphatic heterocycles. The van der Waals surface area contributed by atoms with Crippen LogP contribution in [0.5, 0.6) is 0 Å². The van der Waals surface area contributed by atoms with Gasteiger partial charge in [0, 0.05) is 29.1 Å². The Labute approximate surface area is 283 Å². The van der Waals surface area contributed by atoms with E-state index in [1.807, 2.05) is 12.1 Å². The molecule has 0 amide bonds. The number of fused-ring (bicyclic) bond motifs is 4. The Hall–Kier alpha value is -5.91. The van der Waals surface area contributed by atoms with Crippen molar-refractivity contribution < 1.29 is 0 Å². The fraction of sp³-hybridized carbons (Fsp3) is 0.0465. The summed E-state index contributed by atoms with van der Waals surface area (Å²) in [4.78, 5) is 17.6. The lowest BCUT2D eigenvalue weighted by molar-refractivity contribution is 0.383. The number of rotatable bonds is 5. The van der Waals surface area contributed by atoms with Crippen molar-refractivity contribution in [3.05, 3.63) is 174 Å². The van der Waals surface area contributed by atoms with Gasteiger partial charge in [0.1, 0.15) is 17.0 Å². The number of amidine groups is 2. The van der Waals surface area contributed by atoms with Crippen molar-refractivity contribution >= 4 is 54.8 Å². The number of aliphatic imine (C=N–C) groups is 2. The summed E-state index contributed by atoms with van der Waals surface area (Å²) >= 11 is 1.76. The molecule has 1 atom stereocenters. The number of hydrogen-bond acceptors (Lipinski definition) is 5. The topological polar surface area (TPSA) is 40.9 Å². The molecule has 0 spiro atoms. The van der Waals surface area contributed by atoms with Crippen molar-refractivity contribution in [1.29, 1.82) is 0 Å². The fourth-order valence-electron chi connectivity index (χ4n) is 6.61. The third-order valence-corrected chi connectivity index (χ3v) is 10.3. The second kappa shape index (κ2) is 11.7. The Kier molecular flexibility index (Phi) is 6.91. The minimum atomic E-state index is -0.206. The normalized spacial score (nSPS) is 14.8. The van der Waals surface area contributed by atoms with Gasteiger partial charge >= 0.3 is 0 Å². The van der Waals surface area contributed by atoms with Crippen LogP contribution in [0.25, 0.3) is 53.5 Å². The SMILES string of the molecule is CN1C(c2cccc(-c3ccc4ccc5nc(-c6ccccc6)sc5c4c3)c2)=NC(c2ccc3ccccc3c2)=NC1c1ccccc1. The Morgan fingerprint density at radius 1 is 0.542 bits per heavy atom. The first-order valence-electron chi connectivity index (χ1n) is 16.1. The van der Waals surface area contributed by atoms with E-state index >= 15 is 0 Å². The second-order valence-electron chi connectivity index (χ2n) is 12.2. The molecule has 0 saturated heterocycles. The molecule has 0 bridgehead atoms. The lowest BCUT2D eigenvalue weighted by Crippen LogP contribution is -2.35. The van der Waals surface area contributed by atoms with Crippen molar-refractivity contribution in [3.8, 4) is 21.7 Å². The average Bonchev–Trinajstić information content (AvgIpc) is 3.61. The molecule has 4 nitrogen and oxygen atoms in total. The first-order chi connectivity index (χ1) is 23.7. The van der Waals surface area contributed by atoms with Crippen molar-refractivity contribution in [2.24, 2.45) is 9.98 Å². The summed E-state index contributed by atoms with van der Waals surface area (Å²) in [5.74, 6) is 1.63. The van der Waals surface area contributed by atoms with Gasteiger partial charge in [0.2, 0.25) is 0 Å². The maximum Gasteiger partial charge on any atom is 0.159 e. The zero-order valence-electron chi connectivity index (χ0n) is 26.3. The molecule has 228 valence electrons. The highest BCUT2D eigenvalue weighted by molar-refractivity contribution is 7.22. The van der Waals surface area contributed by atoms with Gasteiger partial charge in [0.15, 0.2) is 5.84 Å². The minimum absolute atomic E-state index is 0.206. The van der Waals surface area contributed by atoms with E-state index in [9.17, 15) is 0 Å². The molecule has 5 heteroatoms. The van der Waals surface area contributed by atoms with Gasteiger partial charge in [-0.1, -0.05) is 133 Å². The third kappa shape index (κ3) is 5.05. The van der Waals surface area contributed by atoms with Crippen LogP contribution in [0.4, 0.5) is 0 Å². The van der Waals surface area contributed by atoms with E-state index in [0.29, 0.717) is 0 Å². The molecule has 1 aliphatic rings. The van der Waals surface area contributed by atoms with Gasteiger partial charge in [0.25, 0.3) is 0 Å². The molecule has 1 aromatic heterocycles. The lowest BCUT2D eigenvalue weighted by atomic mass is 9.98. The zero-order valence-corrected chi connectivity index (χ0v) is 27.1. The van der Waals surface area contributed by atoms with Gasteiger partial charge in [-0.15, -0.1) is 11.3 Å². The quantitative estimate of drug-likeness (QED) is 0.189. The van der Waals surface area contributed by atoms with E-state index in [0.717, 1.165) is 55.6 Å². The van der Waals surface area contributed by atoms with Crippen LogP contribution in [0.3, 0.4) is 0 Å². The maximum atomic E-state index is 5.23. The minimum Gasteiger partial charge on any atom is -0.333 e. The van der Waals surface area contributed by atoms with E-state index in [1.165, 1.54) is 26.2 Å². The molecule has 7 aromatic carbocycles. The average molecular weight is 635 g/mol. The predicted octanol–water partition coefficient (Wildman–Crippen LogP) is 10.8. The van der Waals surface area contributed by atoms with Crippen molar-refractivity contribution in [2.45, 2.75) is 6.17 Å². The van der Waals surface area contributed by atoms with Crippen LogP contribution in [-0.2, 0) is 0 Å². The van der Waals surface area contributed by atoms with Crippen LogP contribution in [0.15, 0.2) is 168 Å². The van der Waals surface area contributed by atoms with Crippen LogP contribution in [0.2, 0.25) is 0 Å². The first-order valence-corrected chi connectivity index (χ1v) is 16.9. The molecule has 0 aliphatic carbocycles. The molecule has 2 heterocycles. The summed E-state index contributed by atoms with van der Waals surface area (Å²) in [6.45, 7) is 0. The van der Waals surface area contributed by atoms with E-state index in [-0.39, 0.29) is 6.17 Å². The van der Waals surface area contributed by atoms with E-state index in [2.05, 4.69) is 158 Å². The van der Waals surface area contributed by atoms with Crippen LogP contribution in [0, 0.1) is 0 Å². The van der Waals surface area contributed by atoms with Gasteiger partial charge in [0.05, 0.1) is 10.2 Å². The van der Waals surface area contributed by atoms with Crippen molar-refractivity contribution in [3.63, 3.8) is 0 Å². The molecule has 0 N–H and O–H groups in total. The first kappa shape index (κ1) is 28.3. The number of thiazole rings is 1. The highest BCUT2D eigenvalue weighted by Gasteiger charge is 2.27. The number of hydrogen-bond donors (Lipinski definition) is 0. The summed E-state index contributed by atoms with van der Waals surface area (Å²) in [6.07, 6.45) is -0.206. The second-order valence-corrected chi connectivity index (χ2v) is 13.2. The van der Waals surface area contributed by atoms with Gasteiger partial charge in [-0.2, -0.15) is 0 Å². The molecule has 1 unspecified atom stereocenters. The van der Waals surface area contributed by atoms with Crippen LogP contribution < -0.4 is 0 Å². The van der Waals surface area contributed by atoms with Gasteiger partial charge < -0.3 is 4.90 Å². The number of benzene rings is 7. The largest absolute Gasteiger partial charge is 0.333 e. The number of nitrogens with zero attached hydrogens (tertiary/aromatic N) is 4. The highest BCUT2D eigenvalue weighted by atomic mass is 32.1. The Morgan fingerprint density at radius 3 is 2.06 bits per heavy atom. The molecule has 0 radical (unpaired) electrons. The Balaban J connectivity index is 1.14. The molecule has 0 fully saturated rings. The van der Waals surface area contributed by atoms with Crippen LogP contribution >= 0.6 is 11.3 Å². The number of aromatic nitrogens is 1. The molecule has 48 heavy (non-hydrogen) atoms. The van der Waals surface area contributed by atoms with Gasteiger partial charge in [-0.25, -0.2) is 15.0 Å². The third-order valence-electron chi connectivity index (χ3n) is 9.11. The van der Waals surface area contributed by atoms with Crippen LogP contribution in [0.1, 0.15) is 22.9 Å². The highest BCUT2D eigenvalue weighted by Crippen LogP contribution is 2.37. The molecule has 8 aromatic rings.